The van der Waals surface area contributed by atoms with Crippen molar-refractivity contribution in [2.24, 2.45) is 0 Å². The summed E-state index contributed by atoms with van der Waals surface area (Å²) in [5, 5.41) is 31.3. The van der Waals surface area contributed by atoms with Crippen molar-refractivity contribution in [1.29, 1.82) is 0 Å². The molecule has 1 aliphatic heterocycles. The van der Waals surface area contributed by atoms with Crippen LogP contribution < -0.4 is 5.32 Å². The van der Waals surface area contributed by atoms with E-state index in [9.17, 15) is 10.2 Å². The van der Waals surface area contributed by atoms with E-state index >= 15 is 0 Å². The number of rotatable bonds is 9. The summed E-state index contributed by atoms with van der Waals surface area (Å²) in [5.41, 5.74) is 0. The van der Waals surface area contributed by atoms with Crippen LogP contribution in [-0.4, -0.2) is 66.7 Å². The lowest BCUT2D eigenvalue weighted by Gasteiger charge is -2.36. The van der Waals surface area contributed by atoms with Gasteiger partial charge in [0, 0.05) is 13.0 Å². The molecule has 0 aliphatic carbocycles. The summed E-state index contributed by atoms with van der Waals surface area (Å²) in [6.07, 6.45) is 1.40. The van der Waals surface area contributed by atoms with Crippen LogP contribution in [0.5, 0.6) is 0 Å². The zero-order chi connectivity index (χ0) is 14.1. The van der Waals surface area contributed by atoms with Gasteiger partial charge in [-0.25, -0.2) is 0 Å². The average molecular weight is 277 g/mol. The van der Waals surface area contributed by atoms with Crippen LogP contribution in [0.1, 0.15) is 32.1 Å². The highest BCUT2D eigenvalue weighted by molar-refractivity contribution is 4.82. The second-order valence-electron chi connectivity index (χ2n) is 4.97. The van der Waals surface area contributed by atoms with Crippen molar-refractivity contribution in [1.82, 2.24) is 5.32 Å². The van der Waals surface area contributed by atoms with Crippen LogP contribution in [0, 0.1) is 0 Å². The van der Waals surface area contributed by atoms with Crippen molar-refractivity contribution < 1.29 is 24.8 Å². The fourth-order valence-electron chi connectivity index (χ4n) is 2.15. The summed E-state index contributed by atoms with van der Waals surface area (Å²) >= 11 is 0. The van der Waals surface area contributed by atoms with Crippen LogP contribution in [0.4, 0.5) is 0 Å². The highest BCUT2D eigenvalue weighted by Crippen LogP contribution is 2.21. The summed E-state index contributed by atoms with van der Waals surface area (Å²) in [7, 11) is 1.95. The van der Waals surface area contributed by atoms with E-state index in [1.807, 2.05) is 7.05 Å². The Morgan fingerprint density at radius 1 is 1.21 bits per heavy atom. The molecule has 0 aromatic heterocycles. The standard InChI is InChI=1S/C13H27NO5/c1-14-6-4-2-3-5-7-18-12-8-10(16)13(17)11(9-15)19-12/h10-17H,2-9H2,1H3. The van der Waals surface area contributed by atoms with Gasteiger partial charge in [-0.05, 0) is 26.4 Å². The smallest absolute Gasteiger partial charge is 0.160 e. The lowest BCUT2D eigenvalue weighted by Crippen LogP contribution is -2.50. The van der Waals surface area contributed by atoms with Crippen molar-refractivity contribution in [2.75, 3.05) is 26.8 Å². The summed E-state index contributed by atoms with van der Waals surface area (Å²) < 4.78 is 10.9. The van der Waals surface area contributed by atoms with E-state index < -0.39 is 24.6 Å². The van der Waals surface area contributed by atoms with Crippen LogP contribution in [0.15, 0.2) is 0 Å². The Bertz CT molecular complexity index is 229. The van der Waals surface area contributed by atoms with Gasteiger partial charge in [-0.2, -0.15) is 0 Å². The van der Waals surface area contributed by atoms with Crippen molar-refractivity contribution >= 4 is 0 Å². The number of nitrogens with one attached hydrogen (secondary N) is 1. The van der Waals surface area contributed by atoms with Gasteiger partial charge in [-0.15, -0.1) is 0 Å². The van der Waals surface area contributed by atoms with Crippen LogP contribution in [0.25, 0.3) is 0 Å². The van der Waals surface area contributed by atoms with E-state index in [1.54, 1.807) is 0 Å². The first-order valence-electron chi connectivity index (χ1n) is 7.07. The van der Waals surface area contributed by atoms with E-state index in [0.717, 1.165) is 32.2 Å². The number of aliphatic hydroxyl groups excluding tert-OH is 3. The molecule has 0 aromatic carbocycles. The van der Waals surface area contributed by atoms with Crippen molar-refractivity contribution in [3.05, 3.63) is 0 Å². The van der Waals surface area contributed by atoms with Crippen molar-refractivity contribution in [2.45, 2.75) is 56.7 Å². The number of unbranched alkanes of at least 4 members (excludes halogenated alkanes) is 3. The fourth-order valence-corrected chi connectivity index (χ4v) is 2.15. The Balaban J connectivity index is 2.09. The molecule has 4 N–H and O–H groups in total. The number of aliphatic hydroxyl groups is 3. The third-order valence-corrected chi connectivity index (χ3v) is 3.34. The largest absolute Gasteiger partial charge is 0.394 e. The van der Waals surface area contributed by atoms with Gasteiger partial charge >= 0.3 is 0 Å². The van der Waals surface area contributed by atoms with E-state index in [0.29, 0.717) is 6.61 Å². The first-order valence-corrected chi connectivity index (χ1v) is 7.07. The van der Waals surface area contributed by atoms with Gasteiger partial charge in [-0.3, -0.25) is 0 Å². The molecule has 1 saturated heterocycles. The first kappa shape index (κ1) is 16.8. The number of ether oxygens (including phenoxy) is 2. The molecular formula is C13H27NO5. The topological polar surface area (TPSA) is 91.2 Å². The Morgan fingerprint density at radius 3 is 2.63 bits per heavy atom. The third-order valence-electron chi connectivity index (χ3n) is 3.34. The molecule has 1 fully saturated rings. The molecule has 6 heteroatoms. The highest BCUT2D eigenvalue weighted by atomic mass is 16.7. The zero-order valence-corrected chi connectivity index (χ0v) is 11.6. The monoisotopic (exact) mass is 277 g/mol. The van der Waals surface area contributed by atoms with Crippen molar-refractivity contribution in [3.8, 4) is 0 Å². The van der Waals surface area contributed by atoms with Crippen LogP contribution >= 0.6 is 0 Å². The van der Waals surface area contributed by atoms with Gasteiger partial charge in [0.1, 0.15) is 12.2 Å². The Labute approximate surface area is 114 Å². The zero-order valence-electron chi connectivity index (χ0n) is 11.6. The Kier molecular flexibility index (Phi) is 8.52. The average Bonchev–Trinajstić information content (AvgIpc) is 2.41. The molecule has 1 rings (SSSR count). The normalized spacial score (nSPS) is 31.6. The van der Waals surface area contributed by atoms with Crippen LogP contribution in [0.3, 0.4) is 0 Å². The number of hydrogen-bond acceptors (Lipinski definition) is 6. The molecule has 114 valence electrons. The van der Waals surface area contributed by atoms with Gasteiger partial charge in [-0.1, -0.05) is 12.8 Å². The Hall–Kier alpha value is -0.240. The second kappa shape index (κ2) is 9.63. The minimum atomic E-state index is -1.04. The van der Waals surface area contributed by atoms with E-state index in [-0.39, 0.29) is 13.0 Å². The predicted octanol–water partition coefficient (Wildman–Crippen LogP) is -0.388. The molecule has 1 heterocycles. The number of hydrogen-bond donors (Lipinski definition) is 4. The molecule has 0 spiro atoms. The van der Waals surface area contributed by atoms with Gasteiger partial charge in [0.25, 0.3) is 0 Å². The van der Waals surface area contributed by atoms with Crippen LogP contribution in [0.2, 0.25) is 0 Å². The molecule has 4 atom stereocenters. The maximum Gasteiger partial charge on any atom is 0.160 e. The third kappa shape index (κ3) is 6.16. The minimum Gasteiger partial charge on any atom is -0.394 e. The maximum atomic E-state index is 9.62. The van der Waals surface area contributed by atoms with Crippen molar-refractivity contribution in [3.63, 3.8) is 0 Å². The van der Waals surface area contributed by atoms with Gasteiger partial charge in [0.2, 0.25) is 0 Å². The molecule has 19 heavy (non-hydrogen) atoms. The molecule has 6 nitrogen and oxygen atoms in total. The first-order chi connectivity index (χ1) is 9.19. The predicted molar refractivity (Wildman–Crippen MR) is 70.7 cm³/mol. The summed E-state index contributed by atoms with van der Waals surface area (Å²) in [6, 6.07) is 0. The fraction of sp³-hybridized carbons (Fsp3) is 1.00. The molecule has 1 aliphatic rings. The lowest BCUT2D eigenvalue weighted by atomic mass is 10.0. The highest BCUT2D eigenvalue weighted by Gasteiger charge is 2.36. The SMILES string of the molecule is CNCCCCCCOC1CC(O)C(O)C(CO)O1. The van der Waals surface area contributed by atoms with E-state index in [1.165, 1.54) is 0 Å². The second-order valence-corrected chi connectivity index (χ2v) is 4.97. The Morgan fingerprint density at radius 2 is 1.95 bits per heavy atom. The molecule has 0 radical (unpaired) electrons. The van der Waals surface area contributed by atoms with Gasteiger partial charge in [0.05, 0.1) is 12.7 Å². The lowest BCUT2D eigenvalue weighted by molar-refractivity contribution is -0.256. The summed E-state index contributed by atoms with van der Waals surface area (Å²) in [5.74, 6) is 0. The molecular weight excluding hydrogens is 250 g/mol. The molecule has 0 bridgehead atoms. The summed E-state index contributed by atoms with van der Waals surface area (Å²) in [6.45, 7) is 1.29. The van der Waals surface area contributed by atoms with E-state index in [2.05, 4.69) is 5.32 Å². The summed E-state index contributed by atoms with van der Waals surface area (Å²) in [4.78, 5) is 0. The maximum absolute atomic E-state index is 9.62. The minimum absolute atomic E-state index is 0.247. The van der Waals surface area contributed by atoms with E-state index in [4.69, 9.17) is 14.6 Å². The van der Waals surface area contributed by atoms with Gasteiger partial charge < -0.3 is 30.1 Å². The molecule has 4 unspecified atom stereocenters. The molecule has 0 saturated carbocycles. The molecule has 0 amide bonds. The van der Waals surface area contributed by atoms with Gasteiger partial charge in [0.15, 0.2) is 6.29 Å². The molecule has 0 aromatic rings. The van der Waals surface area contributed by atoms with Crippen LogP contribution in [-0.2, 0) is 9.47 Å². The quantitative estimate of drug-likeness (QED) is 0.429.